The van der Waals surface area contributed by atoms with Gasteiger partial charge in [0.1, 0.15) is 5.52 Å². The van der Waals surface area contributed by atoms with Crippen molar-refractivity contribution in [3.63, 3.8) is 0 Å². The largest absolute Gasteiger partial charge is 0.573 e. The maximum absolute atomic E-state index is 12.8. The molecular formula is C21H17BrF3N5O4. The summed E-state index contributed by atoms with van der Waals surface area (Å²) in [5, 5.41) is 17.5. The fourth-order valence-electron chi connectivity index (χ4n) is 3.36. The number of benzene rings is 2. The first-order chi connectivity index (χ1) is 16.2. The van der Waals surface area contributed by atoms with Gasteiger partial charge >= 0.3 is 12.3 Å². The Morgan fingerprint density at radius 1 is 1.26 bits per heavy atom. The van der Waals surface area contributed by atoms with Gasteiger partial charge in [-0.05, 0) is 31.2 Å². The van der Waals surface area contributed by atoms with E-state index in [1.807, 2.05) is 0 Å². The van der Waals surface area contributed by atoms with Crippen LogP contribution in [0.4, 0.5) is 24.8 Å². The lowest BCUT2D eigenvalue weighted by molar-refractivity contribution is -0.274. The van der Waals surface area contributed by atoms with Gasteiger partial charge in [-0.1, -0.05) is 22.0 Å². The zero-order valence-corrected chi connectivity index (χ0v) is 19.1. The fourth-order valence-corrected chi connectivity index (χ4v) is 3.72. The van der Waals surface area contributed by atoms with E-state index in [1.54, 1.807) is 19.1 Å². The summed E-state index contributed by atoms with van der Waals surface area (Å²) < 4.78 is 49.6. The number of nitrogens with zero attached hydrogens (tertiary/aromatic N) is 4. The standard InChI is InChI=1S/C21H17BrF3N5O4/c1-2-33-19(32)17-13-5-3-11-10-26-20(28-16(11)18(13)30(29-17)7-8-31)27-14-9-12(22)4-6-15(14)34-21(23,24)25/h3-6,9-10,31H,2,7-8H2,1H3,(H,26,27,28). The van der Waals surface area contributed by atoms with E-state index >= 15 is 0 Å². The molecule has 0 radical (unpaired) electrons. The van der Waals surface area contributed by atoms with E-state index in [0.717, 1.165) is 6.07 Å². The van der Waals surface area contributed by atoms with Crippen molar-refractivity contribution in [3.8, 4) is 5.75 Å². The molecule has 9 nitrogen and oxygen atoms in total. The minimum Gasteiger partial charge on any atom is -0.461 e. The van der Waals surface area contributed by atoms with Gasteiger partial charge in [0.15, 0.2) is 11.4 Å². The summed E-state index contributed by atoms with van der Waals surface area (Å²) in [6.07, 6.45) is -3.41. The Morgan fingerprint density at radius 2 is 2.06 bits per heavy atom. The summed E-state index contributed by atoms with van der Waals surface area (Å²) in [5.41, 5.74) is 0.864. The molecule has 0 aliphatic rings. The molecule has 4 aromatic rings. The first-order valence-corrected chi connectivity index (χ1v) is 10.8. The molecule has 34 heavy (non-hydrogen) atoms. The van der Waals surface area contributed by atoms with Gasteiger partial charge in [-0.2, -0.15) is 5.10 Å². The fraction of sp³-hybridized carbons (Fsp3) is 0.238. The maximum Gasteiger partial charge on any atom is 0.573 e. The van der Waals surface area contributed by atoms with Crippen LogP contribution in [0.25, 0.3) is 21.8 Å². The van der Waals surface area contributed by atoms with Crippen molar-refractivity contribution >= 4 is 55.3 Å². The average Bonchev–Trinajstić information content (AvgIpc) is 3.14. The van der Waals surface area contributed by atoms with Gasteiger partial charge in [-0.15, -0.1) is 13.2 Å². The van der Waals surface area contributed by atoms with Crippen LogP contribution in [-0.4, -0.2) is 50.4 Å². The second-order valence-corrected chi connectivity index (χ2v) is 7.84. The van der Waals surface area contributed by atoms with Gasteiger partial charge in [0.05, 0.1) is 31.0 Å². The van der Waals surface area contributed by atoms with E-state index in [-0.39, 0.29) is 37.1 Å². The lowest BCUT2D eigenvalue weighted by atomic mass is 10.1. The second kappa shape index (κ2) is 9.43. The molecule has 0 atom stereocenters. The van der Waals surface area contributed by atoms with E-state index < -0.39 is 18.1 Å². The van der Waals surface area contributed by atoms with Crippen LogP contribution in [0.5, 0.6) is 5.75 Å². The molecule has 0 aliphatic heterocycles. The van der Waals surface area contributed by atoms with Gasteiger partial charge in [-0.25, -0.2) is 14.8 Å². The summed E-state index contributed by atoms with van der Waals surface area (Å²) in [6, 6.07) is 7.31. The molecule has 0 spiro atoms. The number of carbonyl (C=O) groups is 1. The Hall–Kier alpha value is -3.45. The van der Waals surface area contributed by atoms with E-state index in [2.05, 4.69) is 41.1 Å². The summed E-state index contributed by atoms with van der Waals surface area (Å²) in [5.74, 6) is -1.11. The summed E-state index contributed by atoms with van der Waals surface area (Å²) in [6.45, 7) is 1.66. The smallest absolute Gasteiger partial charge is 0.461 e. The van der Waals surface area contributed by atoms with Gasteiger partial charge in [0.2, 0.25) is 5.95 Å². The van der Waals surface area contributed by atoms with Crippen LogP contribution in [-0.2, 0) is 11.3 Å². The third-order valence-corrected chi connectivity index (χ3v) is 5.15. The number of hydrogen-bond donors (Lipinski definition) is 2. The Kier molecular flexibility index (Phi) is 6.57. The van der Waals surface area contributed by atoms with E-state index in [9.17, 15) is 23.1 Å². The number of nitrogens with one attached hydrogen (secondary N) is 1. The van der Waals surface area contributed by atoms with Crippen molar-refractivity contribution in [1.29, 1.82) is 0 Å². The van der Waals surface area contributed by atoms with Crippen LogP contribution in [0.2, 0.25) is 0 Å². The lowest BCUT2D eigenvalue weighted by Crippen LogP contribution is -2.18. The molecule has 4 rings (SSSR count). The highest BCUT2D eigenvalue weighted by Crippen LogP contribution is 2.35. The number of ether oxygens (including phenoxy) is 2. The molecular weight excluding hydrogens is 523 g/mol. The van der Waals surface area contributed by atoms with Crippen molar-refractivity contribution in [1.82, 2.24) is 19.7 Å². The molecule has 2 aromatic heterocycles. The van der Waals surface area contributed by atoms with Crippen molar-refractivity contribution in [2.75, 3.05) is 18.5 Å². The summed E-state index contributed by atoms with van der Waals surface area (Å²) in [7, 11) is 0. The number of anilines is 2. The molecule has 0 amide bonds. The molecule has 178 valence electrons. The molecule has 0 bridgehead atoms. The number of halogens is 4. The maximum atomic E-state index is 12.8. The molecule has 0 unspecified atom stereocenters. The van der Waals surface area contributed by atoms with Crippen LogP contribution in [0.1, 0.15) is 17.4 Å². The molecule has 2 N–H and O–H groups in total. The van der Waals surface area contributed by atoms with Crippen LogP contribution in [0.15, 0.2) is 41.0 Å². The van der Waals surface area contributed by atoms with Crippen molar-refractivity contribution < 1.29 is 32.5 Å². The Bertz CT molecular complexity index is 1380. The minimum absolute atomic E-state index is 0.0143. The molecule has 13 heteroatoms. The lowest BCUT2D eigenvalue weighted by Gasteiger charge is -2.14. The Morgan fingerprint density at radius 3 is 2.76 bits per heavy atom. The molecule has 2 heterocycles. The van der Waals surface area contributed by atoms with Gasteiger partial charge in [0.25, 0.3) is 0 Å². The highest BCUT2D eigenvalue weighted by atomic mass is 79.9. The van der Waals surface area contributed by atoms with Crippen molar-refractivity contribution in [3.05, 3.63) is 46.7 Å². The molecule has 2 aromatic carbocycles. The monoisotopic (exact) mass is 539 g/mol. The quantitative estimate of drug-likeness (QED) is 0.329. The zero-order valence-electron chi connectivity index (χ0n) is 17.6. The normalized spacial score (nSPS) is 11.7. The summed E-state index contributed by atoms with van der Waals surface area (Å²) in [4.78, 5) is 21.0. The highest BCUT2D eigenvalue weighted by Gasteiger charge is 2.32. The van der Waals surface area contributed by atoms with Crippen LogP contribution in [0.3, 0.4) is 0 Å². The SMILES string of the molecule is CCOC(=O)c1nn(CCO)c2c1ccc1cnc(Nc3cc(Br)ccc3OC(F)(F)F)nc12. The number of rotatable bonds is 7. The van der Waals surface area contributed by atoms with E-state index in [4.69, 9.17) is 4.74 Å². The van der Waals surface area contributed by atoms with Crippen LogP contribution in [0, 0.1) is 0 Å². The predicted molar refractivity (Wildman–Crippen MR) is 120 cm³/mol. The van der Waals surface area contributed by atoms with Crippen molar-refractivity contribution in [2.24, 2.45) is 0 Å². The molecule has 0 saturated carbocycles. The number of fused-ring (bicyclic) bond motifs is 3. The van der Waals surface area contributed by atoms with Crippen LogP contribution >= 0.6 is 15.9 Å². The zero-order chi connectivity index (χ0) is 24.5. The number of esters is 1. The average molecular weight is 540 g/mol. The third-order valence-electron chi connectivity index (χ3n) is 4.65. The number of carbonyl (C=O) groups excluding carboxylic acids is 1. The topological polar surface area (TPSA) is 111 Å². The second-order valence-electron chi connectivity index (χ2n) is 6.92. The number of alkyl halides is 3. The molecule has 0 fully saturated rings. The molecule has 0 saturated heterocycles. The van der Waals surface area contributed by atoms with Gasteiger partial charge in [-0.3, -0.25) is 4.68 Å². The first-order valence-electron chi connectivity index (χ1n) is 9.96. The minimum atomic E-state index is -4.89. The number of aliphatic hydroxyl groups is 1. The van der Waals surface area contributed by atoms with Gasteiger partial charge in [0, 0.05) is 21.4 Å². The van der Waals surface area contributed by atoms with Gasteiger partial charge < -0.3 is 19.9 Å². The number of aromatic nitrogens is 4. The first kappa shape index (κ1) is 23.7. The summed E-state index contributed by atoms with van der Waals surface area (Å²) >= 11 is 3.22. The molecule has 0 aliphatic carbocycles. The van der Waals surface area contributed by atoms with E-state index in [1.165, 1.54) is 23.0 Å². The number of hydrogen-bond acceptors (Lipinski definition) is 8. The number of aliphatic hydroxyl groups excluding tert-OH is 1. The highest BCUT2D eigenvalue weighted by molar-refractivity contribution is 9.10. The Balaban J connectivity index is 1.83. The third kappa shape index (κ3) is 4.89. The van der Waals surface area contributed by atoms with E-state index in [0.29, 0.717) is 26.3 Å². The Labute approximate surface area is 198 Å². The predicted octanol–water partition coefficient (Wildman–Crippen LogP) is 4.55. The van der Waals surface area contributed by atoms with Crippen LogP contribution < -0.4 is 10.1 Å². The van der Waals surface area contributed by atoms with Crippen molar-refractivity contribution in [2.45, 2.75) is 19.8 Å².